The van der Waals surface area contributed by atoms with Crippen LogP contribution in [0, 0.1) is 11.6 Å². The summed E-state index contributed by atoms with van der Waals surface area (Å²) >= 11 is 0. The van der Waals surface area contributed by atoms with Crippen LogP contribution in [-0.4, -0.2) is 26.3 Å². The first-order valence-electron chi connectivity index (χ1n) is 9.08. The fourth-order valence-electron chi connectivity index (χ4n) is 2.85. The van der Waals surface area contributed by atoms with Crippen molar-refractivity contribution in [3.05, 3.63) is 95.6 Å². The summed E-state index contributed by atoms with van der Waals surface area (Å²) in [6.07, 6.45) is 0. The molecule has 0 radical (unpaired) electrons. The number of amides is 1. The summed E-state index contributed by atoms with van der Waals surface area (Å²) in [5, 5.41) is 0. The van der Waals surface area contributed by atoms with Crippen LogP contribution in [0.15, 0.2) is 77.7 Å². The summed E-state index contributed by atoms with van der Waals surface area (Å²) in [6, 6.07) is 16.1. The van der Waals surface area contributed by atoms with Gasteiger partial charge in [0.05, 0.1) is 10.9 Å². The monoisotopic (exact) mass is 430 g/mol. The Morgan fingerprint density at radius 3 is 1.90 bits per heavy atom. The molecule has 0 heterocycles. The van der Waals surface area contributed by atoms with Crippen molar-refractivity contribution >= 4 is 21.6 Å². The van der Waals surface area contributed by atoms with E-state index in [1.807, 2.05) is 6.92 Å². The first kappa shape index (κ1) is 21.4. The van der Waals surface area contributed by atoms with Crippen LogP contribution in [0.1, 0.15) is 28.9 Å². The lowest BCUT2D eigenvalue weighted by Crippen LogP contribution is -2.29. The molecule has 0 fully saturated rings. The van der Waals surface area contributed by atoms with Gasteiger partial charge in [-0.05, 0) is 73.2 Å². The highest BCUT2D eigenvalue weighted by Crippen LogP contribution is 2.22. The molecule has 3 aromatic carbocycles. The topological polar surface area (TPSA) is 66.5 Å². The zero-order valence-corrected chi connectivity index (χ0v) is 17.2. The molecule has 1 amide bonds. The standard InChI is InChI=1S/C22H20F2N2O3S/c1-15(16-3-7-18(23)8-4-16)26(2)22(27)17-5-11-20(12-6-17)25-30(28,29)21-13-9-19(24)10-14-21/h3-15,25H,1-2H3. The largest absolute Gasteiger partial charge is 0.335 e. The van der Waals surface area contributed by atoms with Crippen molar-refractivity contribution in [2.24, 2.45) is 0 Å². The van der Waals surface area contributed by atoms with Gasteiger partial charge < -0.3 is 4.90 Å². The Hall–Kier alpha value is -3.26. The van der Waals surface area contributed by atoms with Crippen LogP contribution in [0.3, 0.4) is 0 Å². The van der Waals surface area contributed by atoms with Crippen LogP contribution in [0.5, 0.6) is 0 Å². The van der Waals surface area contributed by atoms with Crippen molar-refractivity contribution in [1.82, 2.24) is 4.90 Å². The Kier molecular flexibility index (Phi) is 6.17. The van der Waals surface area contributed by atoms with Gasteiger partial charge in [-0.3, -0.25) is 9.52 Å². The van der Waals surface area contributed by atoms with Gasteiger partial charge in [-0.1, -0.05) is 12.1 Å². The molecule has 0 bridgehead atoms. The molecule has 0 aliphatic carbocycles. The Labute approximate surface area is 174 Å². The van der Waals surface area contributed by atoms with E-state index in [9.17, 15) is 22.0 Å². The smallest absolute Gasteiger partial charge is 0.261 e. The minimum Gasteiger partial charge on any atom is -0.335 e. The molecule has 0 saturated carbocycles. The summed E-state index contributed by atoms with van der Waals surface area (Å²) in [7, 11) is -2.23. The van der Waals surface area contributed by atoms with Crippen LogP contribution in [0.4, 0.5) is 14.5 Å². The van der Waals surface area contributed by atoms with E-state index in [4.69, 9.17) is 0 Å². The van der Waals surface area contributed by atoms with Crippen LogP contribution in [0.25, 0.3) is 0 Å². The highest BCUT2D eigenvalue weighted by atomic mass is 32.2. The first-order chi connectivity index (χ1) is 14.2. The van der Waals surface area contributed by atoms with Gasteiger partial charge in [-0.2, -0.15) is 0 Å². The summed E-state index contributed by atoms with van der Waals surface area (Å²) in [5.74, 6) is -1.14. The minimum absolute atomic E-state index is 0.0723. The third-order valence-corrected chi connectivity index (χ3v) is 6.16. The van der Waals surface area contributed by atoms with Crippen LogP contribution in [0.2, 0.25) is 0 Å². The lowest BCUT2D eigenvalue weighted by Gasteiger charge is -2.25. The molecule has 1 N–H and O–H groups in total. The van der Waals surface area contributed by atoms with Crippen LogP contribution < -0.4 is 4.72 Å². The maximum absolute atomic E-state index is 13.1. The molecule has 0 aliphatic rings. The number of sulfonamides is 1. The number of carbonyl (C=O) groups is 1. The fourth-order valence-corrected chi connectivity index (χ4v) is 3.91. The second-order valence-electron chi connectivity index (χ2n) is 6.78. The molecule has 30 heavy (non-hydrogen) atoms. The normalized spacial score (nSPS) is 12.3. The highest BCUT2D eigenvalue weighted by Gasteiger charge is 2.20. The summed E-state index contributed by atoms with van der Waals surface area (Å²) in [6.45, 7) is 1.83. The molecule has 5 nitrogen and oxygen atoms in total. The van der Waals surface area contributed by atoms with Crippen molar-refractivity contribution in [3.8, 4) is 0 Å². The highest BCUT2D eigenvalue weighted by molar-refractivity contribution is 7.92. The molecule has 0 saturated heterocycles. The predicted molar refractivity (Wildman–Crippen MR) is 111 cm³/mol. The summed E-state index contributed by atoms with van der Waals surface area (Å²) in [4.78, 5) is 14.2. The van der Waals surface area contributed by atoms with E-state index in [1.165, 1.54) is 53.4 Å². The van der Waals surface area contributed by atoms with Gasteiger partial charge in [-0.15, -0.1) is 0 Å². The molecule has 0 aliphatic heterocycles. The number of carbonyl (C=O) groups excluding carboxylic acids is 1. The van der Waals surface area contributed by atoms with E-state index in [2.05, 4.69) is 4.72 Å². The number of halogens is 2. The number of rotatable bonds is 6. The first-order valence-corrected chi connectivity index (χ1v) is 10.6. The second-order valence-corrected chi connectivity index (χ2v) is 8.46. The SMILES string of the molecule is CC(c1ccc(F)cc1)N(C)C(=O)c1ccc(NS(=O)(=O)c2ccc(F)cc2)cc1. The number of hydrogen-bond acceptors (Lipinski definition) is 3. The number of hydrogen-bond donors (Lipinski definition) is 1. The maximum atomic E-state index is 13.1. The third-order valence-electron chi connectivity index (χ3n) is 4.76. The summed E-state index contributed by atoms with van der Waals surface area (Å²) < 4.78 is 53.3. The lowest BCUT2D eigenvalue weighted by atomic mass is 10.1. The van der Waals surface area contributed by atoms with Crippen LogP contribution >= 0.6 is 0 Å². The van der Waals surface area contributed by atoms with Crippen molar-refractivity contribution < 1.29 is 22.0 Å². The van der Waals surface area contributed by atoms with E-state index in [-0.39, 0.29) is 28.3 Å². The molecular weight excluding hydrogens is 410 g/mol. The molecule has 3 aromatic rings. The Bertz CT molecular complexity index is 1130. The Balaban J connectivity index is 1.72. The fraction of sp³-hybridized carbons (Fsp3) is 0.136. The third kappa shape index (κ3) is 4.83. The molecule has 1 atom stereocenters. The van der Waals surface area contributed by atoms with Crippen LogP contribution in [-0.2, 0) is 10.0 Å². The summed E-state index contributed by atoms with van der Waals surface area (Å²) in [5.41, 5.74) is 1.43. The van der Waals surface area contributed by atoms with Gasteiger partial charge in [-0.25, -0.2) is 17.2 Å². The van der Waals surface area contributed by atoms with Crippen molar-refractivity contribution in [3.63, 3.8) is 0 Å². The number of nitrogens with one attached hydrogen (secondary N) is 1. The van der Waals surface area contributed by atoms with E-state index in [1.54, 1.807) is 19.2 Å². The predicted octanol–water partition coefficient (Wildman–Crippen LogP) is 4.60. The molecule has 0 spiro atoms. The lowest BCUT2D eigenvalue weighted by molar-refractivity contribution is 0.0742. The van der Waals surface area contributed by atoms with Gasteiger partial charge in [0.25, 0.3) is 15.9 Å². The van der Waals surface area contributed by atoms with Gasteiger partial charge in [0.1, 0.15) is 11.6 Å². The zero-order valence-electron chi connectivity index (χ0n) is 16.3. The van der Waals surface area contributed by atoms with Crippen molar-refractivity contribution in [2.75, 3.05) is 11.8 Å². The Morgan fingerprint density at radius 1 is 0.867 bits per heavy atom. The number of anilines is 1. The van der Waals surface area contributed by atoms with E-state index < -0.39 is 15.8 Å². The average molecular weight is 430 g/mol. The van der Waals surface area contributed by atoms with Crippen molar-refractivity contribution in [1.29, 1.82) is 0 Å². The van der Waals surface area contributed by atoms with Gasteiger partial charge in [0.2, 0.25) is 0 Å². The van der Waals surface area contributed by atoms with Gasteiger partial charge in [0, 0.05) is 18.3 Å². The van der Waals surface area contributed by atoms with E-state index in [0.29, 0.717) is 5.56 Å². The van der Waals surface area contributed by atoms with Gasteiger partial charge >= 0.3 is 0 Å². The molecule has 8 heteroatoms. The van der Waals surface area contributed by atoms with E-state index >= 15 is 0 Å². The Morgan fingerprint density at radius 2 is 1.37 bits per heavy atom. The number of benzene rings is 3. The number of nitrogens with zero attached hydrogens (tertiary/aromatic N) is 1. The minimum atomic E-state index is -3.88. The van der Waals surface area contributed by atoms with E-state index in [0.717, 1.165) is 17.7 Å². The average Bonchev–Trinajstić information content (AvgIpc) is 2.73. The molecule has 0 aromatic heterocycles. The van der Waals surface area contributed by atoms with Crippen molar-refractivity contribution in [2.45, 2.75) is 17.9 Å². The second kappa shape index (κ2) is 8.62. The quantitative estimate of drug-likeness (QED) is 0.622. The molecule has 3 rings (SSSR count). The molecule has 156 valence electrons. The molecular formula is C22H20F2N2O3S. The molecule has 1 unspecified atom stereocenters. The maximum Gasteiger partial charge on any atom is 0.261 e. The van der Waals surface area contributed by atoms with Gasteiger partial charge in [0.15, 0.2) is 0 Å². The zero-order chi connectivity index (χ0) is 21.9.